The highest BCUT2D eigenvalue weighted by atomic mass is 16.3. The van der Waals surface area contributed by atoms with E-state index in [-0.39, 0.29) is 0 Å². The van der Waals surface area contributed by atoms with Crippen LogP contribution >= 0.6 is 0 Å². The summed E-state index contributed by atoms with van der Waals surface area (Å²) in [5.41, 5.74) is 13.7. The van der Waals surface area contributed by atoms with Crippen LogP contribution in [-0.2, 0) is 0 Å². The summed E-state index contributed by atoms with van der Waals surface area (Å²) in [6.45, 7) is 5.31. The largest absolute Gasteiger partial charge is 0.508 e. The van der Waals surface area contributed by atoms with Crippen LogP contribution < -0.4 is 11.5 Å². The third-order valence-electron chi connectivity index (χ3n) is 3.06. The Morgan fingerprint density at radius 2 is 1.87 bits per heavy atom. The molecule has 5 N–H and O–H groups in total. The Labute approximate surface area is 91.1 Å². The maximum Gasteiger partial charge on any atom is 0.115 e. The lowest BCUT2D eigenvalue weighted by atomic mass is 9.85. The summed E-state index contributed by atoms with van der Waals surface area (Å²) in [4.78, 5) is 0. The van der Waals surface area contributed by atoms with Crippen LogP contribution in [0.4, 0.5) is 0 Å². The summed E-state index contributed by atoms with van der Waals surface area (Å²) >= 11 is 0. The lowest BCUT2D eigenvalue weighted by Crippen LogP contribution is -2.28. The monoisotopic (exact) mass is 208 g/mol. The van der Waals surface area contributed by atoms with E-state index in [9.17, 15) is 5.11 Å². The molecule has 1 aromatic rings. The number of rotatable bonds is 4. The molecule has 0 saturated heterocycles. The number of hydrogen-bond donors (Lipinski definition) is 3. The van der Waals surface area contributed by atoms with E-state index in [1.165, 1.54) is 5.56 Å². The highest BCUT2D eigenvalue weighted by Crippen LogP contribution is 2.28. The van der Waals surface area contributed by atoms with E-state index in [1.54, 1.807) is 12.1 Å². The molecule has 0 fully saturated rings. The molecule has 0 radical (unpaired) electrons. The Bertz CT molecular complexity index is 321. The minimum absolute atomic E-state index is 0.299. The molecular weight excluding hydrogens is 188 g/mol. The van der Waals surface area contributed by atoms with Gasteiger partial charge in [-0.3, -0.25) is 0 Å². The molecule has 0 aromatic heterocycles. The van der Waals surface area contributed by atoms with Crippen LogP contribution in [0.2, 0.25) is 0 Å². The molecule has 84 valence electrons. The molecule has 0 saturated carbocycles. The van der Waals surface area contributed by atoms with E-state index in [0.29, 0.717) is 30.7 Å². The Kier molecular flexibility index (Phi) is 4.12. The summed E-state index contributed by atoms with van der Waals surface area (Å²) in [5.74, 6) is 0.939. The molecule has 0 spiro atoms. The van der Waals surface area contributed by atoms with Crippen molar-refractivity contribution < 1.29 is 5.11 Å². The lowest BCUT2D eigenvalue weighted by Gasteiger charge is -2.22. The number of phenols is 1. The zero-order valence-corrected chi connectivity index (χ0v) is 9.40. The highest BCUT2D eigenvalue weighted by molar-refractivity contribution is 5.36. The van der Waals surface area contributed by atoms with E-state index in [4.69, 9.17) is 11.5 Å². The van der Waals surface area contributed by atoms with Gasteiger partial charge in [-0.25, -0.2) is 0 Å². The van der Waals surface area contributed by atoms with Crippen molar-refractivity contribution in [3.8, 4) is 5.75 Å². The number of phenolic OH excluding ortho intramolecular Hbond substituents is 1. The first kappa shape index (κ1) is 12.0. The molecule has 0 bridgehead atoms. The Morgan fingerprint density at radius 3 is 2.33 bits per heavy atom. The van der Waals surface area contributed by atoms with Crippen molar-refractivity contribution in [1.29, 1.82) is 0 Å². The quantitative estimate of drug-likeness (QED) is 0.699. The number of benzene rings is 1. The van der Waals surface area contributed by atoms with Gasteiger partial charge in [0.1, 0.15) is 5.75 Å². The summed E-state index contributed by atoms with van der Waals surface area (Å²) < 4.78 is 0. The van der Waals surface area contributed by atoms with Crippen molar-refractivity contribution in [3.63, 3.8) is 0 Å². The van der Waals surface area contributed by atoms with Gasteiger partial charge in [-0.2, -0.15) is 0 Å². The summed E-state index contributed by atoms with van der Waals surface area (Å²) in [5, 5.41) is 9.32. The molecule has 0 amide bonds. The Balaban J connectivity index is 2.94. The molecule has 1 aromatic carbocycles. The van der Waals surface area contributed by atoms with E-state index in [2.05, 4.69) is 6.92 Å². The van der Waals surface area contributed by atoms with Crippen LogP contribution in [0, 0.1) is 12.8 Å². The molecule has 1 atom stereocenters. The van der Waals surface area contributed by atoms with Gasteiger partial charge >= 0.3 is 0 Å². The summed E-state index contributed by atoms with van der Waals surface area (Å²) in [6.07, 6.45) is 0. The maximum atomic E-state index is 9.32. The summed E-state index contributed by atoms with van der Waals surface area (Å²) in [7, 11) is 0. The van der Waals surface area contributed by atoms with E-state index < -0.39 is 0 Å². The Morgan fingerprint density at radius 1 is 1.27 bits per heavy atom. The van der Waals surface area contributed by atoms with Gasteiger partial charge in [0, 0.05) is 0 Å². The average molecular weight is 208 g/mol. The minimum Gasteiger partial charge on any atom is -0.508 e. The fraction of sp³-hybridized carbons (Fsp3) is 0.500. The second-order valence-corrected chi connectivity index (χ2v) is 4.06. The van der Waals surface area contributed by atoms with Crippen molar-refractivity contribution in [1.82, 2.24) is 0 Å². The normalized spacial score (nSPS) is 13.1. The predicted molar refractivity (Wildman–Crippen MR) is 62.9 cm³/mol. The van der Waals surface area contributed by atoms with E-state index in [0.717, 1.165) is 5.56 Å². The minimum atomic E-state index is 0.299. The van der Waals surface area contributed by atoms with Gasteiger partial charge < -0.3 is 16.6 Å². The third kappa shape index (κ3) is 2.70. The number of nitrogens with two attached hydrogens (primary N) is 2. The van der Waals surface area contributed by atoms with Crippen LogP contribution in [0.1, 0.15) is 24.0 Å². The third-order valence-corrected chi connectivity index (χ3v) is 3.06. The molecule has 0 aliphatic heterocycles. The van der Waals surface area contributed by atoms with E-state index >= 15 is 0 Å². The number of aromatic hydroxyl groups is 1. The van der Waals surface area contributed by atoms with Crippen molar-refractivity contribution in [2.24, 2.45) is 17.4 Å². The van der Waals surface area contributed by atoms with Crippen LogP contribution in [0.3, 0.4) is 0 Å². The molecule has 3 nitrogen and oxygen atoms in total. The molecule has 0 aliphatic carbocycles. The lowest BCUT2D eigenvalue weighted by molar-refractivity contribution is 0.459. The van der Waals surface area contributed by atoms with Gasteiger partial charge in [0.2, 0.25) is 0 Å². The van der Waals surface area contributed by atoms with Gasteiger partial charge in [0.15, 0.2) is 0 Å². The molecule has 1 rings (SSSR count). The highest BCUT2D eigenvalue weighted by Gasteiger charge is 2.17. The van der Waals surface area contributed by atoms with E-state index in [1.807, 2.05) is 13.0 Å². The zero-order valence-electron chi connectivity index (χ0n) is 9.40. The van der Waals surface area contributed by atoms with Crippen LogP contribution in [0.15, 0.2) is 18.2 Å². The zero-order chi connectivity index (χ0) is 11.4. The van der Waals surface area contributed by atoms with Gasteiger partial charge in [-0.15, -0.1) is 0 Å². The first-order chi connectivity index (χ1) is 7.10. The number of aryl methyl sites for hydroxylation is 1. The number of hydrogen-bond acceptors (Lipinski definition) is 3. The first-order valence-corrected chi connectivity index (χ1v) is 5.29. The van der Waals surface area contributed by atoms with Gasteiger partial charge in [-0.05, 0) is 55.1 Å². The molecule has 0 heterocycles. The fourth-order valence-corrected chi connectivity index (χ4v) is 1.93. The second-order valence-electron chi connectivity index (χ2n) is 4.06. The van der Waals surface area contributed by atoms with Gasteiger partial charge in [0.05, 0.1) is 0 Å². The van der Waals surface area contributed by atoms with Crippen LogP contribution in [-0.4, -0.2) is 18.2 Å². The average Bonchev–Trinajstić information content (AvgIpc) is 2.19. The van der Waals surface area contributed by atoms with Crippen molar-refractivity contribution in [2.45, 2.75) is 19.8 Å². The van der Waals surface area contributed by atoms with Gasteiger partial charge in [-0.1, -0.05) is 13.0 Å². The Hall–Kier alpha value is -1.06. The predicted octanol–water partition coefficient (Wildman–Crippen LogP) is 1.34. The maximum absolute atomic E-state index is 9.32. The van der Waals surface area contributed by atoms with Crippen molar-refractivity contribution in [3.05, 3.63) is 29.3 Å². The first-order valence-electron chi connectivity index (χ1n) is 5.29. The second kappa shape index (κ2) is 5.14. The van der Waals surface area contributed by atoms with Crippen LogP contribution in [0.25, 0.3) is 0 Å². The van der Waals surface area contributed by atoms with Crippen molar-refractivity contribution in [2.75, 3.05) is 13.1 Å². The van der Waals surface area contributed by atoms with Crippen molar-refractivity contribution >= 4 is 0 Å². The standard InChI is InChI=1S/C12H20N2O/c1-8-5-11(15)3-4-12(8)9(2)10(6-13)7-14/h3-5,9-10,15H,6-7,13-14H2,1-2H3. The summed E-state index contributed by atoms with van der Waals surface area (Å²) in [6, 6.07) is 5.44. The topological polar surface area (TPSA) is 72.3 Å². The molecular formula is C12H20N2O. The smallest absolute Gasteiger partial charge is 0.115 e. The fourth-order valence-electron chi connectivity index (χ4n) is 1.93. The molecule has 1 unspecified atom stereocenters. The molecule has 3 heteroatoms. The molecule has 15 heavy (non-hydrogen) atoms. The SMILES string of the molecule is Cc1cc(O)ccc1C(C)C(CN)CN. The van der Waals surface area contributed by atoms with Crippen LogP contribution in [0.5, 0.6) is 5.75 Å². The van der Waals surface area contributed by atoms with Gasteiger partial charge in [0.25, 0.3) is 0 Å². The molecule has 0 aliphatic rings.